The van der Waals surface area contributed by atoms with Crippen LogP contribution in [0.3, 0.4) is 0 Å². The Kier molecular flexibility index (Phi) is 11.1. The largest absolute Gasteiger partial charge is 0.453 e. The second-order valence-electron chi connectivity index (χ2n) is 12.6. The van der Waals surface area contributed by atoms with Gasteiger partial charge in [0, 0.05) is 47.6 Å². The molecule has 2 aliphatic carbocycles. The molecule has 0 spiro atoms. The Hall–Kier alpha value is -2.65. The summed E-state index contributed by atoms with van der Waals surface area (Å²) in [4.78, 5) is 27.4. The molecule has 0 radical (unpaired) electrons. The van der Waals surface area contributed by atoms with Crippen molar-refractivity contribution in [1.29, 1.82) is 0 Å². The van der Waals surface area contributed by atoms with Gasteiger partial charge in [0.25, 0.3) is 0 Å². The van der Waals surface area contributed by atoms with Crippen molar-refractivity contribution in [1.82, 2.24) is 10.2 Å². The van der Waals surface area contributed by atoms with E-state index in [4.69, 9.17) is 22.1 Å². The number of benzene rings is 1. The minimum Gasteiger partial charge on any atom is -0.453 e. The smallest absolute Gasteiger partial charge is 0.406 e. The molecule has 9 heteroatoms. The first kappa shape index (κ1) is 33.2. The number of hydrogen-bond acceptors (Lipinski definition) is 6. The van der Waals surface area contributed by atoms with Crippen LogP contribution in [0.2, 0.25) is 0 Å². The molecular weight excluding hydrogens is 566 g/mol. The van der Waals surface area contributed by atoms with Gasteiger partial charge < -0.3 is 30.9 Å². The van der Waals surface area contributed by atoms with Crippen molar-refractivity contribution in [2.24, 2.45) is 17.1 Å². The lowest BCUT2D eigenvalue weighted by atomic mass is 9.61. The summed E-state index contributed by atoms with van der Waals surface area (Å²) in [6, 6.07) is 7.91. The number of nitrogens with zero attached hydrogens (tertiary/aromatic N) is 1. The Morgan fingerprint density at radius 2 is 2.09 bits per heavy atom. The molecule has 1 saturated heterocycles. The number of likely N-dealkylation sites (tertiary alicyclic amines) is 1. The predicted octanol–water partition coefficient (Wildman–Crippen LogP) is 5.07. The van der Waals surface area contributed by atoms with Gasteiger partial charge in [-0.3, -0.25) is 4.79 Å². The van der Waals surface area contributed by atoms with Crippen LogP contribution in [0.5, 0.6) is 0 Å². The maximum absolute atomic E-state index is 13.7. The number of aryl methyl sites for hydroxylation is 1. The van der Waals surface area contributed by atoms with Gasteiger partial charge in [0.1, 0.15) is 0 Å². The lowest BCUT2D eigenvalue weighted by Gasteiger charge is -2.52. The second-order valence-corrected chi connectivity index (χ2v) is 13.0. The van der Waals surface area contributed by atoms with Crippen molar-refractivity contribution in [3.63, 3.8) is 0 Å². The Bertz CT molecular complexity index is 1250. The summed E-state index contributed by atoms with van der Waals surface area (Å²) in [7, 11) is 1.33. The lowest BCUT2D eigenvalue weighted by Crippen LogP contribution is -2.58. The first-order valence-corrected chi connectivity index (χ1v) is 16.0. The van der Waals surface area contributed by atoms with Crippen LogP contribution in [-0.2, 0) is 16.0 Å². The van der Waals surface area contributed by atoms with Crippen LogP contribution in [0.15, 0.2) is 53.1 Å². The minimum atomic E-state index is -1.34. The molecule has 5 atom stereocenters. The van der Waals surface area contributed by atoms with E-state index >= 15 is 0 Å². The number of alkyl carbamates (subject to hydrolysis) is 1. The minimum absolute atomic E-state index is 0.00369. The first-order chi connectivity index (χ1) is 20.5. The van der Waals surface area contributed by atoms with E-state index < -0.39 is 29.3 Å². The molecule has 4 rings (SSSR count). The quantitative estimate of drug-likeness (QED) is 0.288. The number of carbonyl (C=O) groups excluding carboxylic acids is 2. The normalized spacial score (nSPS) is 28.4. The van der Waals surface area contributed by atoms with Crippen molar-refractivity contribution in [2.45, 2.75) is 89.4 Å². The van der Waals surface area contributed by atoms with Crippen LogP contribution in [0.25, 0.3) is 5.57 Å². The van der Waals surface area contributed by atoms with E-state index in [2.05, 4.69) is 37.4 Å². The zero-order valence-electron chi connectivity index (χ0n) is 25.8. The molecule has 1 saturated carbocycles. The predicted molar refractivity (Wildman–Crippen MR) is 170 cm³/mol. The third kappa shape index (κ3) is 7.36. The highest BCUT2D eigenvalue weighted by atomic mass is 35.5. The van der Waals surface area contributed by atoms with Gasteiger partial charge in [-0.1, -0.05) is 61.9 Å². The third-order valence-corrected chi connectivity index (χ3v) is 10.0. The molecule has 236 valence electrons. The van der Waals surface area contributed by atoms with Gasteiger partial charge in [-0.2, -0.15) is 0 Å². The maximum Gasteiger partial charge on any atom is 0.406 e. The molecular formula is C34H48ClN3O5. The fourth-order valence-corrected chi connectivity index (χ4v) is 7.49. The summed E-state index contributed by atoms with van der Waals surface area (Å²) < 4.78 is 4.75. The molecule has 1 aromatic rings. The number of carbonyl (C=O) groups is 2. The maximum atomic E-state index is 13.7. The number of methoxy groups -OCH3 is 1. The fraction of sp³-hybridized carbons (Fsp3) is 0.588. The monoisotopic (exact) mass is 613 g/mol. The molecule has 0 aromatic heterocycles. The molecule has 5 N–H and O–H groups in total. The number of rotatable bonds is 9. The molecule has 1 heterocycles. The van der Waals surface area contributed by atoms with Crippen LogP contribution in [0, 0.1) is 11.3 Å². The van der Waals surface area contributed by atoms with Gasteiger partial charge in [-0.05, 0) is 80.6 Å². The number of hydrogen-bond donors (Lipinski definition) is 4. The number of nitrogens with two attached hydrogens (primary N) is 1. The van der Waals surface area contributed by atoms with Crippen molar-refractivity contribution in [3.05, 3.63) is 64.2 Å². The average molecular weight is 614 g/mol. The van der Waals surface area contributed by atoms with Crippen LogP contribution in [-0.4, -0.2) is 71.6 Å². The number of allylic oxidation sites excluding steroid dienone is 5. The first-order valence-electron chi connectivity index (χ1n) is 15.6. The molecule has 3 aliphatic rings. The van der Waals surface area contributed by atoms with Gasteiger partial charge in [-0.15, -0.1) is 0 Å². The fourth-order valence-electron chi connectivity index (χ4n) is 7.20. The highest BCUT2D eigenvalue weighted by molar-refractivity contribution is 6.37. The summed E-state index contributed by atoms with van der Waals surface area (Å²) in [5, 5.41) is 26.7. The zero-order valence-corrected chi connectivity index (χ0v) is 26.5. The zero-order chi connectivity index (χ0) is 31.2. The van der Waals surface area contributed by atoms with Crippen LogP contribution >= 0.6 is 11.6 Å². The van der Waals surface area contributed by atoms with Crippen molar-refractivity contribution in [2.75, 3.05) is 26.7 Å². The van der Waals surface area contributed by atoms with Crippen molar-refractivity contribution < 1.29 is 24.5 Å². The number of ether oxygens (including phenoxy) is 1. The van der Waals surface area contributed by atoms with Gasteiger partial charge >= 0.3 is 6.09 Å². The van der Waals surface area contributed by atoms with Crippen LogP contribution < -0.4 is 11.1 Å². The van der Waals surface area contributed by atoms with Gasteiger partial charge in [0.15, 0.2) is 0 Å². The molecule has 2 amide bonds. The van der Waals surface area contributed by atoms with E-state index in [-0.39, 0.29) is 11.8 Å². The number of piperidine rings is 1. The average Bonchev–Trinajstić information content (AvgIpc) is 3.34. The van der Waals surface area contributed by atoms with E-state index in [0.29, 0.717) is 63.2 Å². The SMILES string of the molecule is CCc1cccc(C2=C([C@](O)(CCCNC(=O)OC)[C@]3(C)CCCN(C(=O)[C@H]4C[C@@H](N)[C@@H](O)C4)C3)CC/C=C/C=C2Cl)c1. The third-order valence-electron chi connectivity index (χ3n) is 9.71. The summed E-state index contributed by atoms with van der Waals surface area (Å²) in [5.41, 5.74) is 7.84. The van der Waals surface area contributed by atoms with E-state index in [1.54, 1.807) is 0 Å². The van der Waals surface area contributed by atoms with E-state index in [1.165, 1.54) is 12.7 Å². The van der Waals surface area contributed by atoms with Gasteiger partial charge in [0.2, 0.25) is 5.91 Å². The van der Waals surface area contributed by atoms with E-state index in [0.717, 1.165) is 36.0 Å². The van der Waals surface area contributed by atoms with Crippen molar-refractivity contribution >= 4 is 29.2 Å². The topological polar surface area (TPSA) is 125 Å². The van der Waals surface area contributed by atoms with E-state index in [9.17, 15) is 19.8 Å². The number of nitrogens with one attached hydrogen (secondary N) is 1. The van der Waals surface area contributed by atoms with Gasteiger partial charge in [0.05, 0.1) is 18.8 Å². The standard InChI is InChI=1S/C34H48ClN3O5/c1-4-23-11-8-12-24(19-23)30-26(13-6-5-7-14-27(30)35)34(42,16-9-17-37-32(41)43-3)33(2)15-10-18-38(22-33)31(40)25-20-28(36)29(39)21-25/h5,7-8,11-12,14,19,25,28-29,39,42H,4,6,9-10,13,15-18,20-22,36H2,1-3H3,(H,37,41)/b7-5+,27-14?,30-26?/t25-,28+,29-,33+,34+/m0/s1. The van der Waals surface area contributed by atoms with Gasteiger partial charge in [-0.25, -0.2) is 4.79 Å². The second kappa shape index (κ2) is 14.4. The Morgan fingerprint density at radius 3 is 2.79 bits per heavy atom. The molecule has 0 unspecified atom stereocenters. The Balaban J connectivity index is 1.79. The molecule has 1 aromatic carbocycles. The summed E-state index contributed by atoms with van der Waals surface area (Å²) >= 11 is 7.06. The Morgan fingerprint density at radius 1 is 1.30 bits per heavy atom. The summed E-state index contributed by atoms with van der Waals surface area (Å²) in [6.07, 6.45) is 10.1. The van der Waals surface area contributed by atoms with Crippen molar-refractivity contribution in [3.8, 4) is 0 Å². The molecule has 8 nitrogen and oxygen atoms in total. The van der Waals surface area contributed by atoms with E-state index in [1.807, 2.05) is 29.2 Å². The Labute approximate surface area is 261 Å². The molecule has 1 aliphatic heterocycles. The lowest BCUT2D eigenvalue weighted by molar-refractivity contribution is -0.146. The summed E-state index contributed by atoms with van der Waals surface area (Å²) in [6.45, 7) is 5.50. The molecule has 0 bridgehead atoms. The number of halogens is 1. The van der Waals surface area contributed by atoms with Crippen LogP contribution in [0.1, 0.15) is 76.3 Å². The number of amides is 2. The summed E-state index contributed by atoms with van der Waals surface area (Å²) in [5.74, 6) is -0.323. The molecule has 43 heavy (non-hydrogen) atoms. The number of aliphatic hydroxyl groups is 2. The van der Waals surface area contributed by atoms with Crippen LogP contribution in [0.4, 0.5) is 4.79 Å². The highest BCUT2D eigenvalue weighted by Crippen LogP contribution is 2.51. The molecule has 2 fully saturated rings. The number of aliphatic hydroxyl groups excluding tert-OH is 1. The highest BCUT2D eigenvalue weighted by Gasteiger charge is 2.52.